The van der Waals surface area contributed by atoms with Gasteiger partial charge in [0, 0.05) is 24.6 Å². The molecule has 2 rings (SSSR count). The molecule has 34 heavy (non-hydrogen) atoms. The Labute approximate surface area is 210 Å². The lowest BCUT2D eigenvalue weighted by atomic mass is 9.95. The summed E-state index contributed by atoms with van der Waals surface area (Å²) < 4.78 is 5.43. The molecule has 0 amide bonds. The van der Waals surface area contributed by atoms with Crippen LogP contribution in [0.1, 0.15) is 71.1 Å². The molecule has 0 fully saturated rings. The van der Waals surface area contributed by atoms with E-state index in [1.54, 1.807) is 12.1 Å². The van der Waals surface area contributed by atoms with E-state index in [0.29, 0.717) is 18.0 Å². The normalized spacial score (nSPS) is 11.4. The Bertz CT molecular complexity index is 858. The first kappa shape index (κ1) is 27.5. The van der Waals surface area contributed by atoms with Crippen LogP contribution in [0.2, 0.25) is 0 Å². The quantitative estimate of drug-likeness (QED) is 0.0593. The SMILES string of the molecule is CCCCCCC(=S)NCCCCC(CCC(=O)Oc1ccccc1)C(=N)Nc1ccccc1. The fraction of sp³-hybridized carbons (Fsp3) is 0.464. The van der Waals surface area contributed by atoms with Crippen molar-refractivity contribution in [2.75, 3.05) is 11.9 Å². The number of carbonyl (C=O) groups excluding carboxylic acids is 1. The van der Waals surface area contributed by atoms with Gasteiger partial charge in [-0.1, -0.05) is 81.2 Å². The van der Waals surface area contributed by atoms with Gasteiger partial charge >= 0.3 is 5.97 Å². The van der Waals surface area contributed by atoms with E-state index in [-0.39, 0.29) is 18.3 Å². The maximum absolute atomic E-state index is 12.3. The van der Waals surface area contributed by atoms with E-state index in [9.17, 15) is 4.79 Å². The predicted molar refractivity (Wildman–Crippen MR) is 146 cm³/mol. The molecule has 2 aromatic rings. The highest BCUT2D eigenvalue weighted by molar-refractivity contribution is 7.80. The van der Waals surface area contributed by atoms with Crippen molar-refractivity contribution in [3.63, 3.8) is 0 Å². The molecule has 0 aliphatic heterocycles. The molecule has 1 unspecified atom stereocenters. The highest BCUT2D eigenvalue weighted by Gasteiger charge is 2.18. The Morgan fingerprint density at radius 2 is 1.62 bits per heavy atom. The molecule has 5 nitrogen and oxygen atoms in total. The van der Waals surface area contributed by atoms with Crippen LogP contribution in [-0.4, -0.2) is 23.3 Å². The average molecular weight is 482 g/mol. The molecule has 3 N–H and O–H groups in total. The number of nitrogens with one attached hydrogen (secondary N) is 3. The van der Waals surface area contributed by atoms with Gasteiger partial charge in [-0.05, 0) is 56.4 Å². The van der Waals surface area contributed by atoms with Gasteiger partial charge < -0.3 is 15.4 Å². The van der Waals surface area contributed by atoms with Crippen LogP contribution in [-0.2, 0) is 4.79 Å². The second-order valence-electron chi connectivity index (χ2n) is 8.58. The van der Waals surface area contributed by atoms with Gasteiger partial charge in [0.2, 0.25) is 0 Å². The van der Waals surface area contributed by atoms with Gasteiger partial charge in [0.25, 0.3) is 0 Å². The Morgan fingerprint density at radius 1 is 0.912 bits per heavy atom. The maximum Gasteiger partial charge on any atom is 0.311 e. The summed E-state index contributed by atoms with van der Waals surface area (Å²) in [4.78, 5) is 13.3. The molecule has 2 aromatic carbocycles. The van der Waals surface area contributed by atoms with Crippen LogP contribution in [0.3, 0.4) is 0 Å². The van der Waals surface area contributed by atoms with Gasteiger partial charge in [-0.25, -0.2) is 0 Å². The Kier molecular flexibility index (Phi) is 13.6. The zero-order valence-electron chi connectivity index (χ0n) is 20.4. The largest absolute Gasteiger partial charge is 0.427 e. The number of anilines is 1. The average Bonchev–Trinajstić information content (AvgIpc) is 2.84. The summed E-state index contributed by atoms with van der Waals surface area (Å²) in [5, 5.41) is 15.2. The van der Waals surface area contributed by atoms with Gasteiger partial charge in [0.1, 0.15) is 11.6 Å². The minimum atomic E-state index is -0.265. The zero-order chi connectivity index (χ0) is 24.4. The van der Waals surface area contributed by atoms with Gasteiger partial charge in [0.05, 0.1) is 4.99 Å². The van der Waals surface area contributed by atoms with Gasteiger partial charge in [-0.3, -0.25) is 10.2 Å². The van der Waals surface area contributed by atoms with Gasteiger partial charge in [0.15, 0.2) is 0 Å². The highest BCUT2D eigenvalue weighted by atomic mass is 32.1. The van der Waals surface area contributed by atoms with E-state index >= 15 is 0 Å². The minimum absolute atomic E-state index is 0.0375. The Balaban J connectivity index is 1.78. The van der Waals surface area contributed by atoms with Crippen molar-refractivity contribution in [1.82, 2.24) is 5.32 Å². The lowest BCUT2D eigenvalue weighted by Gasteiger charge is -2.19. The summed E-state index contributed by atoms with van der Waals surface area (Å²) in [6, 6.07) is 18.8. The van der Waals surface area contributed by atoms with Crippen molar-refractivity contribution in [2.45, 2.75) is 71.1 Å². The van der Waals surface area contributed by atoms with Crippen LogP contribution < -0.4 is 15.4 Å². The summed E-state index contributed by atoms with van der Waals surface area (Å²) in [5.74, 6) is 0.694. The number of esters is 1. The van der Waals surface area contributed by atoms with E-state index in [0.717, 1.165) is 49.3 Å². The third-order valence-electron chi connectivity index (χ3n) is 5.69. The molecule has 1 atom stereocenters. The monoisotopic (exact) mass is 481 g/mol. The van der Waals surface area contributed by atoms with Gasteiger partial charge in [-0.15, -0.1) is 0 Å². The predicted octanol–water partition coefficient (Wildman–Crippen LogP) is 7.14. The molecule has 0 bridgehead atoms. The minimum Gasteiger partial charge on any atom is -0.427 e. The maximum atomic E-state index is 12.3. The topological polar surface area (TPSA) is 74.2 Å². The molecule has 0 saturated carbocycles. The zero-order valence-corrected chi connectivity index (χ0v) is 21.2. The molecular formula is C28H39N3O2S. The standard InChI is InChI=1S/C28H39N3O2S/c1-2-3-4-11-19-26(34)30-22-13-12-14-23(28(29)31-24-15-7-5-8-16-24)20-21-27(32)33-25-17-9-6-10-18-25/h5-10,15-18,23H,2-4,11-14,19-22H2,1H3,(H2,29,31)(H,30,34). The lowest BCUT2D eigenvalue weighted by molar-refractivity contribution is -0.134. The van der Waals surface area contributed by atoms with E-state index in [1.807, 2.05) is 48.5 Å². The van der Waals surface area contributed by atoms with E-state index < -0.39 is 0 Å². The Morgan fingerprint density at radius 3 is 2.32 bits per heavy atom. The molecule has 0 heterocycles. The number of benzene rings is 2. The third-order valence-corrected chi connectivity index (χ3v) is 6.04. The number of carbonyl (C=O) groups is 1. The summed E-state index contributed by atoms with van der Waals surface area (Å²) in [5.41, 5.74) is 0.888. The number of amidine groups is 1. The number of para-hydroxylation sites is 2. The van der Waals surface area contributed by atoms with Crippen molar-refractivity contribution < 1.29 is 9.53 Å². The fourth-order valence-electron chi connectivity index (χ4n) is 3.72. The molecule has 0 aromatic heterocycles. The molecule has 0 spiro atoms. The number of ether oxygens (including phenoxy) is 1. The summed E-state index contributed by atoms with van der Waals surface area (Å²) in [6.45, 7) is 3.07. The van der Waals surface area contributed by atoms with Crippen LogP contribution in [0.15, 0.2) is 60.7 Å². The fourth-order valence-corrected chi connectivity index (χ4v) is 3.97. The van der Waals surface area contributed by atoms with E-state index in [1.165, 1.54) is 19.3 Å². The van der Waals surface area contributed by atoms with Crippen LogP contribution in [0.25, 0.3) is 0 Å². The number of rotatable bonds is 16. The molecule has 6 heteroatoms. The van der Waals surface area contributed by atoms with Crippen molar-refractivity contribution in [1.29, 1.82) is 5.41 Å². The second-order valence-corrected chi connectivity index (χ2v) is 9.08. The van der Waals surface area contributed by atoms with Crippen LogP contribution >= 0.6 is 12.2 Å². The van der Waals surface area contributed by atoms with Gasteiger partial charge in [-0.2, -0.15) is 0 Å². The molecule has 0 radical (unpaired) electrons. The lowest BCUT2D eigenvalue weighted by Crippen LogP contribution is -2.25. The molecule has 184 valence electrons. The van der Waals surface area contributed by atoms with Crippen LogP contribution in [0, 0.1) is 11.3 Å². The first-order chi connectivity index (χ1) is 16.6. The smallest absolute Gasteiger partial charge is 0.311 e. The second kappa shape index (κ2) is 16.8. The number of hydrogen-bond acceptors (Lipinski definition) is 4. The van der Waals surface area contributed by atoms with Crippen molar-refractivity contribution in [3.8, 4) is 5.75 Å². The van der Waals surface area contributed by atoms with Crippen molar-refractivity contribution in [3.05, 3.63) is 60.7 Å². The molecule has 0 saturated heterocycles. The third kappa shape index (κ3) is 11.9. The summed E-state index contributed by atoms with van der Waals surface area (Å²) in [6.07, 6.45) is 9.50. The van der Waals surface area contributed by atoms with E-state index in [4.69, 9.17) is 22.4 Å². The molecule has 0 aliphatic carbocycles. The number of hydrogen-bond donors (Lipinski definition) is 3. The Hall–Kier alpha value is -2.73. The molecule has 0 aliphatic rings. The van der Waals surface area contributed by atoms with Crippen LogP contribution in [0.5, 0.6) is 5.75 Å². The number of unbranched alkanes of at least 4 members (excludes halogenated alkanes) is 4. The highest BCUT2D eigenvalue weighted by Crippen LogP contribution is 2.20. The first-order valence-corrected chi connectivity index (χ1v) is 12.9. The van der Waals surface area contributed by atoms with Crippen molar-refractivity contribution >= 4 is 34.7 Å². The molecular weight excluding hydrogens is 442 g/mol. The van der Waals surface area contributed by atoms with E-state index in [2.05, 4.69) is 17.6 Å². The number of thiocarbonyl (C=S) groups is 1. The first-order valence-electron chi connectivity index (χ1n) is 12.5. The van der Waals surface area contributed by atoms with Crippen molar-refractivity contribution in [2.24, 2.45) is 5.92 Å². The summed E-state index contributed by atoms with van der Waals surface area (Å²) in [7, 11) is 0. The van der Waals surface area contributed by atoms with Crippen LogP contribution in [0.4, 0.5) is 5.69 Å². The summed E-state index contributed by atoms with van der Waals surface area (Å²) >= 11 is 5.44.